The van der Waals surface area contributed by atoms with E-state index in [0.29, 0.717) is 6.61 Å². The predicted octanol–water partition coefficient (Wildman–Crippen LogP) is 3.20. The Bertz CT molecular complexity index is 571. The molecule has 1 N–H and O–H groups in total. The van der Waals surface area contributed by atoms with Crippen LogP contribution in [0.2, 0.25) is 0 Å². The number of ether oxygens (including phenoxy) is 1. The zero-order valence-electron chi connectivity index (χ0n) is 14.3. The number of rotatable bonds is 6. The van der Waals surface area contributed by atoms with E-state index in [0.717, 1.165) is 24.2 Å². The van der Waals surface area contributed by atoms with Gasteiger partial charge in [0.25, 0.3) is 5.91 Å². The second-order valence-corrected chi connectivity index (χ2v) is 6.29. The highest BCUT2D eigenvalue weighted by Gasteiger charge is 2.39. The number of benzene rings is 1. The number of carbonyl (C=O) groups excluding carboxylic acids is 2. The Kier molecular flexibility index (Phi) is 5.64. The van der Waals surface area contributed by atoms with Crippen LogP contribution in [0, 0.1) is 5.92 Å². The number of fused-ring (bicyclic) bond motifs is 1. The van der Waals surface area contributed by atoms with E-state index in [-0.39, 0.29) is 23.8 Å². The normalized spacial score (nSPS) is 18.4. The van der Waals surface area contributed by atoms with Crippen molar-refractivity contribution >= 4 is 23.3 Å². The van der Waals surface area contributed by atoms with Crippen LogP contribution in [0.1, 0.15) is 40.5 Å². The molecular weight excluding hydrogens is 292 g/mol. The zero-order chi connectivity index (χ0) is 17.0. The Hall–Kier alpha value is -2.04. The van der Waals surface area contributed by atoms with E-state index in [2.05, 4.69) is 5.32 Å². The molecular formula is C18H26N2O3. The number of anilines is 2. The molecule has 0 fully saturated rings. The summed E-state index contributed by atoms with van der Waals surface area (Å²) in [7, 11) is 0. The molecule has 0 aromatic heterocycles. The Morgan fingerprint density at radius 2 is 2.00 bits per heavy atom. The lowest BCUT2D eigenvalue weighted by atomic mass is 9.97. The number of unbranched alkanes of at least 4 members (excludes halogenated alkanes) is 1. The fourth-order valence-electron chi connectivity index (χ4n) is 2.70. The molecule has 1 aromatic carbocycles. The van der Waals surface area contributed by atoms with E-state index in [1.54, 1.807) is 11.8 Å². The van der Waals surface area contributed by atoms with Gasteiger partial charge in [0.15, 0.2) is 0 Å². The summed E-state index contributed by atoms with van der Waals surface area (Å²) >= 11 is 0. The molecule has 0 radical (unpaired) electrons. The SMILES string of the molecule is CCCCOC(=O)C(C)N1C(=O)C(C(C)C)Nc2ccccc21. The van der Waals surface area contributed by atoms with Crippen molar-refractivity contribution in [3.8, 4) is 0 Å². The molecule has 2 atom stereocenters. The van der Waals surface area contributed by atoms with Crippen molar-refractivity contribution < 1.29 is 14.3 Å². The molecule has 126 valence electrons. The van der Waals surface area contributed by atoms with Crippen LogP contribution in [0.25, 0.3) is 0 Å². The van der Waals surface area contributed by atoms with E-state index < -0.39 is 6.04 Å². The van der Waals surface area contributed by atoms with Gasteiger partial charge in [-0.25, -0.2) is 4.79 Å². The first-order valence-corrected chi connectivity index (χ1v) is 8.32. The second-order valence-electron chi connectivity index (χ2n) is 6.29. The number of para-hydroxylation sites is 2. The lowest BCUT2D eigenvalue weighted by Gasteiger charge is -2.39. The van der Waals surface area contributed by atoms with Crippen LogP contribution < -0.4 is 10.2 Å². The number of esters is 1. The number of hydrogen-bond acceptors (Lipinski definition) is 4. The van der Waals surface area contributed by atoms with Gasteiger partial charge in [0.05, 0.1) is 18.0 Å². The molecule has 0 spiro atoms. The van der Waals surface area contributed by atoms with Crippen LogP contribution in [0.4, 0.5) is 11.4 Å². The van der Waals surface area contributed by atoms with Crippen molar-refractivity contribution in [3.63, 3.8) is 0 Å². The first-order chi connectivity index (χ1) is 11.0. The quantitative estimate of drug-likeness (QED) is 0.646. The van der Waals surface area contributed by atoms with Gasteiger partial charge in [0.1, 0.15) is 12.1 Å². The maximum absolute atomic E-state index is 12.9. The Balaban J connectivity index is 2.27. The van der Waals surface area contributed by atoms with E-state index >= 15 is 0 Å². The van der Waals surface area contributed by atoms with E-state index in [1.165, 1.54) is 0 Å². The van der Waals surface area contributed by atoms with Gasteiger partial charge in [0, 0.05) is 0 Å². The minimum absolute atomic E-state index is 0.0846. The van der Waals surface area contributed by atoms with Crippen molar-refractivity contribution in [1.82, 2.24) is 0 Å². The van der Waals surface area contributed by atoms with E-state index in [9.17, 15) is 9.59 Å². The molecule has 5 heteroatoms. The number of nitrogens with one attached hydrogen (secondary N) is 1. The van der Waals surface area contributed by atoms with Crippen molar-refractivity contribution in [2.45, 2.75) is 52.6 Å². The van der Waals surface area contributed by atoms with Gasteiger partial charge in [-0.2, -0.15) is 0 Å². The molecule has 2 rings (SSSR count). The molecule has 1 amide bonds. The number of nitrogens with zero attached hydrogens (tertiary/aromatic N) is 1. The summed E-state index contributed by atoms with van der Waals surface area (Å²) in [5.41, 5.74) is 1.60. The Morgan fingerprint density at radius 1 is 1.30 bits per heavy atom. The van der Waals surface area contributed by atoms with Crippen molar-refractivity contribution in [1.29, 1.82) is 0 Å². The van der Waals surface area contributed by atoms with Crippen LogP contribution >= 0.6 is 0 Å². The molecule has 0 saturated heterocycles. The highest BCUT2D eigenvalue weighted by atomic mass is 16.5. The molecule has 1 heterocycles. The van der Waals surface area contributed by atoms with Gasteiger partial charge in [0.2, 0.25) is 0 Å². The lowest BCUT2D eigenvalue weighted by molar-refractivity contribution is -0.146. The largest absolute Gasteiger partial charge is 0.464 e. The molecule has 2 unspecified atom stereocenters. The van der Waals surface area contributed by atoms with Gasteiger partial charge >= 0.3 is 5.97 Å². The van der Waals surface area contributed by atoms with Crippen molar-refractivity contribution in [2.75, 3.05) is 16.8 Å². The van der Waals surface area contributed by atoms with Crippen molar-refractivity contribution in [3.05, 3.63) is 24.3 Å². The average molecular weight is 318 g/mol. The Labute approximate surface area is 138 Å². The summed E-state index contributed by atoms with van der Waals surface area (Å²) in [4.78, 5) is 26.7. The number of hydrogen-bond donors (Lipinski definition) is 1. The van der Waals surface area contributed by atoms with Crippen LogP contribution in [-0.4, -0.2) is 30.6 Å². The third-order valence-electron chi connectivity index (χ3n) is 4.12. The predicted molar refractivity (Wildman–Crippen MR) is 91.5 cm³/mol. The van der Waals surface area contributed by atoms with Crippen LogP contribution in [0.15, 0.2) is 24.3 Å². The van der Waals surface area contributed by atoms with Gasteiger partial charge < -0.3 is 10.1 Å². The first kappa shape index (κ1) is 17.3. The average Bonchev–Trinajstić information content (AvgIpc) is 2.53. The maximum Gasteiger partial charge on any atom is 0.328 e. The van der Waals surface area contributed by atoms with Gasteiger partial charge in [-0.05, 0) is 31.4 Å². The third-order valence-corrected chi connectivity index (χ3v) is 4.12. The monoisotopic (exact) mass is 318 g/mol. The molecule has 1 aromatic rings. The second kappa shape index (κ2) is 7.49. The zero-order valence-corrected chi connectivity index (χ0v) is 14.3. The highest BCUT2D eigenvalue weighted by Crippen LogP contribution is 2.34. The summed E-state index contributed by atoms with van der Waals surface area (Å²) in [6.07, 6.45) is 1.80. The summed E-state index contributed by atoms with van der Waals surface area (Å²) in [6, 6.07) is 6.60. The van der Waals surface area contributed by atoms with E-state index in [4.69, 9.17) is 4.74 Å². The van der Waals surface area contributed by atoms with Gasteiger partial charge in [-0.3, -0.25) is 9.69 Å². The smallest absolute Gasteiger partial charge is 0.328 e. The molecule has 0 bridgehead atoms. The van der Waals surface area contributed by atoms with Crippen LogP contribution in [0.5, 0.6) is 0 Å². The first-order valence-electron chi connectivity index (χ1n) is 8.32. The molecule has 1 aliphatic heterocycles. The fraction of sp³-hybridized carbons (Fsp3) is 0.556. The lowest BCUT2D eigenvalue weighted by Crippen LogP contribution is -2.55. The molecule has 23 heavy (non-hydrogen) atoms. The van der Waals surface area contributed by atoms with Gasteiger partial charge in [-0.1, -0.05) is 39.3 Å². The Morgan fingerprint density at radius 3 is 2.65 bits per heavy atom. The summed E-state index contributed by atoms with van der Waals surface area (Å²) in [5.74, 6) is -0.314. The minimum atomic E-state index is -0.635. The highest BCUT2D eigenvalue weighted by molar-refractivity contribution is 6.08. The van der Waals surface area contributed by atoms with Crippen LogP contribution in [-0.2, 0) is 14.3 Å². The van der Waals surface area contributed by atoms with Crippen LogP contribution in [0.3, 0.4) is 0 Å². The van der Waals surface area contributed by atoms with Crippen molar-refractivity contribution in [2.24, 2.45) is 5.92 Å². The minimum Gasteiger partial charge on any atom is -0.464 e. The summed E-state index contributed by atoms with van der Waals surface area (Å²) < 4.78 is 5.30. The molecule has 0 aliphatic carbocycles. The van der Waals surface area contributed by atoms with E-state index in [1.807, 2.05) is 45.0 Å². The molecule has 1 aliphatic rings. The molecule has 0 saturated carbocycles. The summed E-state index contributed by atoms with van der Waals surface area (Å²) in [5, 5.41) is 3.28. The molecule has 5 nitrogen and oxygen atoms in total. The topological polar surface area (TPSA) is 58.6 Å². The van der Waals surface area contributed by atoms with Gasteiger partial charge in [-0.15, -0.1) is 0 Å². The number of carbonyl (C=O) groups is 2. The third kappa shape index (κ3) is 3.66. The summed E-state index contributed by atoms with van der Waals surface area (Å²) in [6.45, 7) is 8.15. The fourth-order valence-corrected chi connectivity index (χ4v) is 2.70. The standard InChI is InChI=1S/C18H26N2O3/c1-5-6-11-23-18(22)13(4)20-15-10-8-7-9-14(15)19-16(12(2)3)17(20)21/h7-10,12-13,16,19H,5-6,11H2,1-4H3. The number of amides is 1. The maximum atomic E-state index is 12.9.